The number of carbonyl (C=O) groups is 1. The zero-order valence-corrected chi connectivity index (χ0v) is 8.80. The van der Waals surface area contributed by atoms with Gasteiger partial charge in [-0.15, -0.1) is 0 Å². The molecule has 0 atom stereocenters. The normalized spacial score (nSPS) is 10.2. The predicted octanol–water partition coefficient (Wildman–Crippen LogP) is 2.06. The average molecular weight is 223 g/mol. The fourth-order valence-corrected chi connectivity index (χ4v) is 1.96. The Hall–Kier alpha value is -1.82. The number of carbonyl (C=O) groups excluding carboxylic acids is 1. The number of nitrogens with one attached hydrogen (secondary N) is 1. The molecule has 0 bridgehead atoms. The molecule has 15 heavy (non-hydrogen) atoms. The summed E-state index contributed by atoms with van der Waals surface area (Å²) < 4.78 is 5.42. The molecule has 1 aromatic carbocycles. The summed E-state index contributed by atoms with van der Waals surface area (Å²) in [5.74, 6) is 0. The van der Waals surface area contributed by atoms with E-state index < -0.39 is 6.09 Å². The van der Waals surface area contributed by atoms with Gasteiger partial charge in [-0.3, -0.25) is 5.32 Å². The summed E-state index contributed by atoms with van der Waals surface area (Å²) in [6.45, 7) is 0. The highest BCUT2D eigenvalue weighted by Crippen LogP contribution is 2.26. The van der Waals surface area contributed by atoms with Gasteiger partial charge in [0.2, 0.25) is 0 Å². The molecule has 3 N–H and O–H groups in total. The van der Waals surface area contributed by atoms with Gasteiger partial charge in [0, 0.05) is 5.69 Å². The molecule has 5 nitrogen and oxygen atoms in total. The second kappa shape index (κ2) is 3.74. The molecule has 2 aromatic rings. The van der Waals surface area contributed by atoms with Gasteiger partial charge in [0.15, 0.2) is 5.13 Å². The Morgan fingerprint density at radius 2 is 2.40 bits per heavy atom. The third-order valence-electron chi connectivity index (χ3n) is 1.84. The highest BCUT2D eigenvalue weighted by Gasteiger charge is 2.04. The molecule has 0 spiro atoms. The lowest BCUT2D eigenvalue weighted by Crippen LogP contribution is -2.10. The van der Waals surface area contributed by atoms with Crippen LogP contribution in [0.3, 0.4) is 0 Å². The summed E-state index contributed by atoms with van der Waals surface area (Å²) in [6.07, 6.45) is -0.494. The van der Waals surface area contributed by atoms with E-state index in [9.17, 15) is 4.79 Å². The Labute approximate surface area is 89.9 Å². The minimum atomic E-state index is -0.494. The number of nitrogen functional groups attached to an aromatic ring is 1. The van der Waals surface area contributed by atoms with Crippen LogP contribution in [-0.4, -0.2) is 18.2 Å². The van der Waals surface area contributed by atoms with Crippen LogP contribution in [0.5, 0.6) is 0 Å². The molecule has 78 valence electrons. The first kappa shape index (κ1) is 9.72. The van der Waals surface area contributed by atoms with Gasteiger partial charge in [-0.1, -0.05) is 11.3 Å². The number of rotatable bonds is 1. The maximum Gasteiger partial charge on any atom is 0.411 e. The number of methoxy groups -OCH3 is 1. The standard InChI is InChI=1S/C9H9N3O2S/c1-14-9(13)11-5-2-3-6-7(4-5)15-8(10)12-6/h2-4H,1H3,(H2,10,12)(H,11,13). The molecule has 0 unspecified atom stereocenters. The SMILES string of the molecule is COC(=O)Nc1ccc2nc(N)sc2c1. The highest BCUT2D eigenvalue weighted by atomic mass is 32.1. The maximum absolute atomic E-state index is 11.0. The summed E-state index contributed by atoms with van der Waals surface area (Å²) in [5.41, 5.74) is 7.06. The van der Waals surface area contributed by atoms with Crippen LogP contribution < -0.4 is 11.1 Å². The van der Waals surface area contributed by atoms with Gasteiger partial charge in [-0.25, -0.2) is 9.78 Å². The van der Waals surface area contributed by atoms with Crippen molar-refractivity contribution in [3.8, 4) is 0 Å². The van der Waals surface area contributed by atoms with Crippen molar-refractivity contribution in [2.45, 2.75) is 0 Å². The van der Waals surface area contributed by atoms with Crippen LogP contribution in [0, 0.1) is 0 Å². The van der Waals surface area contributed by atoms with E-state index in [4.69, 9.17) is 5.73 Å². The van der Waals surface area contributed by atoms with Crippen molar-refractivity contribution in [3.63, 3.8) is 0 Å². The summed E-state index contributed by atoms with van der Waals surface area (Å²) in [7, 11) is 1.32. The Bertz CT molecular complexity index is 509. The van der Waals surface area contributed by atoms with Crippen LogP contribution in [0.2, 0.25) is 0 Å². The molecule has 6 heteroatoms. The number of aromatic nitrogens is 1. The second-order valence-electron chi connectivity index (χ2n) is 2.85. The van der Waals surface area contributed by atoms with Crippen LogP contribution in [-0.2, 0) is 4.74 Å². The van der Waals surface area contributed by atoms with Crippen molar-refractivity contribution in [3.05, 3.63) is 18.2 Å². The zero-order chi connectivity index (χ0) is 10.8. The Balaban J connectivity index is 2.33. The lowest BCUT2D eigenvalue weighted by atomic mass is 10.3. The fraction of sp³-hybridized carbons (Fsp3) is 0.111. The first-order chi connectivity index (χ1) is 7.19. The fourth-order valence-electron chi connectivity index (χ4n) is 1.19. The minimum absolute atomic E-state index is 0.494. The lowest BCUT2D eigenvalue weighted by Gasteiger charge is -2.02. The van der Waals surface area contributed by atoms with Crippen LogP contribution in [0.4, 0.5) is 15.6 Å². The molecular weight excluding hydrogens is 214 g/mol. The number of hydrogen-bond donors (Lipinski definition) is 2. The van der Waals surface area contributed by atoms with Gasteiger partial charge in [0.05, 0.1) is 17.3 Å². The van der Waals surface area contributed by atoms with Crippen LogP contribution in [0.15, 0.2) is 18.2 Å². The van der Waals surface area contributed by atoms with E-state index >= 15 is 0 Å². The van der Waals surface area contributed by atoms with E-state index in [1.54, 1.807) is 18.2 Å². The first-order valence-corrected chi connectivity index (χ1v) is 5.02. The Morgan fingerprint density at radius 1 is 1.60 bits per heavy atom. The van der Waals surface area contributed by atoms with Crippen LogP contribution in [0.25, 0.3) is 10.2 Å². The largest absolute Gasteiger partial charge is 0.453 e. The molecule has 0 fully saturated rings. The maximum atomic E-state index is 11.0. The number of thiazole rings is 1. The first-order valence-electron chi connectivity index (χ1n) is 4.20. The molecule has 0 radical (unpaired) electrons. The number of amides is 1. The number of anilines is 2. The number of nitrogens with two attached hydrogens (primary N) is 1. The quantitative estimate of drug-likeness (QED) is 0.775. The molecule has 1 amide bonds. The zero-order valence-electron chi connectivity index (χ0n) is 7.98. The molecule has 1 heterocycles. The van der Waals surface area contributed by atoms with Crippen molar-refractivity contribution in [1.29, 1.82) is 0 Å². The average Bonchev–Trinajstić information content (AvgIpc) is 2.57. The van der Waals surface area contributed by atoms with Gasteiger partial charge >= 0.3 is 6.09 Å². The summed E-state index contributed by atoms with van der Waals surface area (Å²) in [5, 5.41) is 3.08. The Kier molecular flexibility index (Phi) is 2.42. The van der Waals surface area contributed by atoms with E-state index in [0.29, 0.717) is 10.8 Å². The van der Waals surface area contributed by atoms with Gasteiger partial charge in [-0.2, -0.15) is 0 Å². The Morgan fingerprint density at radius 3 is 3.13 bits per heavy atom. The van der Waals surface area contributed by atoms with Crippen molar-refractivity contribution in [2.24, 2.45) is 0 Å². The van der Waals surface area contributed by atoms with E-state index in [1.165, 1.54) is 18.4 Å². The van der Waals surface area contributed by atoms with Gasteiger partial charge in [-0.05, 0) is 18.2 Å². The van der Waals surface area contributed by atoms with Gasteiger partial charge < -0.3 is 10.5 Å². The highest BCUT2D eigenvalue weighted by molar-refractivity contribution is 7.22. The lowest BCUT2D eigenvalue weighted by molar-refractivity contribution is 0.187. The molecular formula is C9H9N3O2S. The van der Waals surface area contributed by atoms with Crippen LogP contribution >= 0.6 is 11.3 Å². The molecule has 1 aromatic heterocycles. The van der Waals surface area contributed by atoms with Crippen molar-refractivity contribution in [2.75, 3.05) is 18.2 Å². The van der Waals surface area contributed by atoms with Gasteiger partial charge in [0.1, 0.15) is 0 Å². The minimum Gasteiger partial charge on any atom is -0.453 e. The molecule has 0 aliphatic heterocycles. The number of hydrogen-bond acceptors (Lipinski definition) is 5. The molecule has 2 rings (SSSR count). The third kappa shape index (κ3) is 1.99. The molecule has 0 saturated heterocycles. The van der Waals surface area contributed by atoms with Crippen molar-refractivity contribution >= 4 is 38.5 Å². The number of fused-ring (bicyclic) bond motifs is 1. The summed E-state index contributed by atoms with van der Waals surface area (Å²) in [4.78, 5) is 15.1. The summed E-state index contributed by atoms with van der Waals surface area (Å²) in [6, 6.07) is 5.35. The van der Waals surface area contributed by atoms with E-state index in [2.05, 4.69) is 15.0 Å². The van der Waals surface area contributed by atoms with E-state index in [-0.39, 0.29) is 0 Å². The van der Waals surface area contributed by atoms with E-state index in [0.717, 1.165) is 10.2 Å². The third-order valence-corrected chi connectivity index (χ3v) is 2.68. The van der Waals surface area contributed by atoms with Crippen molar-refractivity contribution < 1.29 is 9.53 Å². The van der Waals surface area contributed by atoms with E-state index in [1.807, 2.05) is 0 Å². The molecule has 0 aliphatic carbocycles. The molecule has 0 saturated carbocycles. The second-order valence-corrected chi connectivity index (χ2v) is 3.91. The van der Waals surface area contributed by atoms with Gasteiger partial charge in [0.25, 0.3) is 0 Å². The number of ether oxygens (including phenoxy) is 1. The monoisotopic (exact) mass is 223 g/mol. The predicted molar refractivity (Wildman–Crippen MR) is 60.1 cm³/mol. The number of benzene rings is 1. The topological polar surface area (TPSA) is 77.2 Å². The van der Waals surface area contributed by atoms with Crippen molar-refractivity contribution in [1.82, 2.24) is 4.98 Å². The van der Waals surface area contributed by atoms with Crippen LogP contribution in [0.1, 0.15) is 0 Å². The molecule has 0 aliphatic rings. The number of nitrogens with zero attached hydrogens (tertiary/aromatic N) is 1. The smallest absolute Gasteiger partial charge is 0.411 e. The summed E-state index contributed by atoms with van der Waals surface area (Å²) >= 11 is 1.38.